The number of hydrogen-bond acceptors (Lipinski definition) is 2. The van der Waals surface area contributed by atoms with Crippen LogP contribution in [0.5, 0.6) is 0 Å². The Hall–Kier alpha value is 0.130. The average Bonchev–Trinajstić information content (AvgIpc) is 2.52. The summed E-state index contributed by atoms with van der Waals surface area (Å²) in [7, 11) is 0. The van der Waals surface area contributed by atoms with Gasteiger partial charge in [-0.15, -0.1) is 0 Å². The molecule has 0 unspecified atom stereocenters. The Balaban J connectivity index is 2.75. The van der Waals surface area contributed by atoms with E-state index in [-0.39, 0.29) is 5.54 Å². The minimum Gasteiger partial charge on any atom is -0.306 e. The third kappa shape index (κ3) is 4.07. The maximum Gasteiger partial charge on any atom is 0.0739 e. The van der Waals surface area contributed by atoms with E-state index in [0.717, 1.165) is 35.0 Å². The smallest absolute Gasteiger partial charge is 0.0739 e. The maximum absolute atomic E-state index is 4.50. The SMILES string of the molecule is CCn1nc(C)c(Br)c1CNC(C)(C)CCBr. The van der Waals surface area contributed by atoms with Crippen LogP contribution in [0.25, 0.3) is 0 Å². The molecular weight excluding hydrogens is 346 g/mol. The molecule has 0 aliphatic heterocycles. The minimum absolute atomic E-state index is 0.139. The predicted octanol–water partition coefficient (Wildman–Crippen LogP) is 3.63. The zero-order chi connectivity index (χ0) is 13.1. The van der Waals surface area contributed by atoms with Crippen molar-refractivity contribution in [1.82, 2.24) is 15.1 Å². The summed E-state index contributed by atoms with van der Waals surface area (Å²) in [6, 6.07) is 0. The Labute approximate surface area is 121 Å². The summed E-state index contributed by atoms with van der Waals surface area (Å²) in [6.45, 7) is 10.3. The first-order valence-corrected chi connectivity index (χ1v) is 7.85. The topological polar surface area (TPSA) is 29.9 Å². The number of halogens is 2. The highest BCUT2D eigenvalue weighted by Crippen LogP contribution is 2.22. The van der Waals surface area contributed by atoms with E-state index in [9.17, 15) is 0 Å². The fourth-order valence-corrected chi connectivity index (χ4v) is 3.10. The van der Waals surface area contributed by atoms with Crippen molar-refractivity contribution < 1.29 is 0 Å². The van der Waals surface area contributed by atoms with Gasteiger partial charge in [-0.1, -0.05) is 15.9 Å². The third-order valence-electron chi connectivity index (χ3n) is 2.91. The van der Waals surface area contributed by atoms with Crippen LogP contribution >= 0.6 is 31.9 Å². The molecule has 5 heteroatoms. The highest BCUT2D eigenvalue weighted by Gasteiger charge is 2.18. The lowest BCUT2D eigenvalue weighted by Crippen LogP contribution is -2.39. The van der Waals surface area contributed by atoms with Gasteiger partial charge in [-0.2, -0.15) is 5.10 Å². The first-order chi connectivity index (χ1) is 7.91. The average molecular weight is 367 g/mol. The molecular formula is C12H21Br2N3. The number of nitrogens with zero attached hydrogens (tertiary/aromatic N) is 2. The lowest BCUT2D eigenvalue weighted by atomic mass is 10.0. The van der Waals surface area contributed by atoms with E-state index >= 15 is 0 Å². The van der Waals surface area contributed by atoms with Gasteiger partial charge in [-0.3, -0.25) is 4.68 Å². The van der Waals surface area contributed by atoms with Crippen molar-refractivity contribution >= 4 is 31.9 Å². The van der Waals surface area contributed by atoms with Crippen LogP contribution in [-0.4, -0.2) is 20.6 Å². The second-order valence-electron chi connectivity index (χ2n) is 4.84. The van der Waals surface area contributed by atoms with Gasteiger partial charge in [0.05, 0.1) is 15.9 Å². The van der Waals surface area contributed by atoms with Crippen LogP contribution in [0, 0.1) is 6.92 Å². The molecule has 98 valence electrons. The van der Waals surface area contributed by atoms with Gasteiger partial charge in [0.25, 0.3) is 0 Å². The molecule has 0 amide bonds. The van der Waals surface area contributed by atoms with Gasteiger partial charge in [-0.25, -0.2) is 0 Å². The van der Waals surface area contributed by atoms with Gasteiger partial charge >= 0.3 is 0 Å². The lowest BCUT2D eigenvalue weighted by Gasteiger charge is -2.25. The number of alkyl halides is 1. The molecule has 1 aromatic heterocycles. The largest absolute Gasteiger partial charge is 0.306 e. The Kier molecular flexibility index (Phi) is 5.67. The molecule has 0 aliphatic rings. The Morgan fingerprint density at radius 2 is 2.06 bits per heavy atom. The number of hydrogen-bond donors (Lipinski definition) is 1. The van der Waals surface area contributed by atoms with Gasteiger partial charge in [0.1, 0.15) is 0 Å². The van der Waals surface area contributed by atoms with Crippen LogP contribution in [-0.2, 0) is 13.1 Å². The molecule has 1 aromatic rings. The van der Waals surface area contributed by atoms with Crippen LogP contribution in [0.4, 0.5) is 0 Å². The number of rotatable bonds is 6. The van der Waals surface area contributed by atoms with Gasteiger partial charge in [-0.05, 0) is 50.0 Å². The van der Waals surface area contributed by atoms with E-state index < -0.39 is 0 Å². The summed E-state index contributed by atoms with van der Waals surface area (Å²) < 4.78 is 3.18. The van der Waals surface area contributed by atoms with E-state index in [1.54, 1.807) is 0 Å². The summed E-state index contributed by atoms with van der Waals surface area (Å²) >= 11 is 7.11. The maximum atomic E-state index is 4.50. The first-order valence-electron chi connectivity index (χ1n) is 5.94. The van der Waals surface area contributed by atoms with Gasteiger partial charge < -0.3 is 5.32 Å². The quantitative estimate of drug-likeness (QED) is 0.779. The lowest BCUT2D eigenvalue weighted by molar-refractivity contribution is 0.370. The molecule has 0 saturated carbocycles. The van der Waals surface area contributed by atoms with Crippen molar-refractivity contribution in [2.24, 2.45) is 0 Å². The molecule has 1 N–H and O–H groups in total. The highest BCUT2D eigenvalue weighted by molar-refractivity contribution is 9.10. The van der Waals surface area contributed by atoms with Crippen molar-refractivity contribution in [2.45, 2.75) is 52.7 Å². The van der Waals surface area contributed by atoms with E-state index in [0.29, 0.717) is 0 Å². The molecule has 0 spiro atoms. The Morgan fingerprint density at radius 1 is 1.41 bits per heavy atom. The predicted molar refractivity (Wildman–Crippen MR) is 79.7 cm³/mol. The second-order valence-corrected chi connectivity index (χ2v) is 6.42. The van der Waals surface area contributed by atoms with Crippen molar-refractivity contribution in [1.29, 1.82) is 0 Å². The van der Waals surface area contributed by atoms with Gasteiger partial charge in [0, 0.05) is 24.0 Å². The molecule has 0 aromatic carbocycles. The number of nitrogens with one attached hydrogen (secondary N) is 1. The second kappa shape index (κ2) is 6.34. The monoisotopic (exact) mass is 365 g/mol. The van der Waals surface area contributed by atoms with Crippen LogP contribution in [0.15, 0.2) is 4.47 Å². The van der Waals surface area contributed by atoms with Crippen molar-refractivity contribution in [3.05, 3.63) is 15.9 Å². The van der Waals surface area contributed by atoms with E-state index in [1.807, 2.05) is 6.92 Å². The van der Waals surface area contributed by atoms with Crippen molar-refractivity contribution in [3.63, 3.8) is 0 Å². The molecule has 0 saturated heterocycles. The first kappa shape index (κ1) is 15.2. The normalized spacial score (nSPS) is 12.1. The molecule has 0 aliphatic carbocycles. The summed E-state index contributed by atoms with van der Waals surface area (Å²) in [5.41, 5.74) is 2.43. The van der Waals surface area contributed by atoms with Gasteiger partial charge in [0.2, 0.25) is 0 Å². The fourth-order valence-electron chi connectivity index (χ4n) is 1.69. The van der Waals surface area contributed by atoms with E-state index in [2.05, 4.69) is 67.7 Å². The number of aromatic nitrogens is 2. The van der Waals surface area contributed by atoms with Crippen LogP contribution in [0.2, 0.25) is 0 Å². The van der Waals surface area contributed by atoms with Crippen LogP contribution < -0.4 is 5.32 Å². The molecule has 1 rings (SSSR count). The summed E-state index contributed by atoms with van der Waals surface area (Å²) in [5, 5.41) is 9.09. The van der Waals surface area contributed by atoms with Crippen molar-refractivity contribution in [3.8, 4) is 0 Å². The molecule has 0 radical (unpaired) electrons. The minimum atomic E-state index is 0.139. The molecule has 0 atom stereocenters. The zero-order valence-corrected chi connectivity index (χ0v) is 14.2. The highest BCUT2D eigenvalue weighted by atomic mass is 79.9. The summed E-state index contributed by atoms with van der Waals surface area (Å²) in [6.07, 6.45) is 1.10. The standard InChI is InChI=1S/C12H21Br2N3/c1-5-17-10(11(14)9(2)16-17)8-15-12(3,4)6-7-13/h15H,5-8H2,1-4H3. The summed E-state index contributed by atoms with van der Waals surface area (Å²) in [4.78, 5) is 0. The van der Waals surface area contributed by atoms with E-state index in [4.69, 9.17) is 0 Å². The molecule has 17 heavy (non-hydrogen) atoms. The molecule has 0 bridgehead atoms. The number of aryl methyl sites for hydroxylation is 2. The fraction of sp³-hybridized carbons (Fsp3) is 0.750. The van der Waals surface area contributed by atoms with Crippen molar-refractivity contribution in [2.75, 3.05) is 5.33 Å². The van der Waals surface area contributed by atoms with Crippen LogP contribution in [0.1, 0.15) is 38.6 Å². The molecule has 3 nitrogen and oxygen atoms in total. The molecule has 0 fully saturated rings. The Morgan fingerprint density at radius 3 is 2.59 bits per heavy atom. The summed E-state index contributed by atoms with van der Waals surface area (Å²) in [5.74, 6) is 0. The third-order valence-corrected chi connectivity index (χ3v) is 4.33. The zero-order valence-electron chi connectivity index (χ0n) is 11.0. The van der Waals surface area contributed by atoms with Crippen LogP contribution in [0.3, 0.4) is 0 Å². The van der Waals surface area contributed by atoms with E-state index in [1.165, 1.54) is 5.69 Å². The van der Waals surface area contributed by atoms with Gasteiger partial charge in [0.15, 0.2) is 0 Å². The molecule has 1 heterocycles. The Bertz CT molecular complexity index is 372.